The second-order valence-electron chi connectivity index (χ2n) is 4.33. The van der Waals surface area contributed by atoms with Crippen molar-refractivity contribution in [3.05, 3.63) is 59.7 Å². The lowest BCUT2D eigenvalue weighted by Crippen LogP contribution is -2.16. The van der Waals surface area contributed by atoms with Crippen molar-refractivity contribution in [3.63, 3.8) is 0 Å². The highest BCUT2D eigenvalue weighted by Gasteiger charge is 2.23. The van der Waals surface area contributed by atoms with Crippen LogP contribution in [0.3, 0.4) is 0 Å². The molecule has 7 heteroatoms. The molecule has 0 amide bonds. The lowest BCUT2D eigenvalue weighted by Gasteiger charge is -2.10. The number of aliphatic hydroxyl groups is 1. The van der Waals surface area contributed by atoms with E-state index in [1.165, 1.54) is 12.1 Å². The third-order valence-electron chi connectivity index (χ3n) is 2.79. The van der Waals surface area contributed by atoms with Gasteiger partial charge < -0.3 is 5.11 Å². The maximum absolute atomic E-state index is 13.5. The summed E-state index contributed by atoms with van der Waals surface area (Å²) in [5, 5.41) is 8.79. The van der Waals surface area contributed by atoms with E-state index in [2.05, 4.69) is 4.72 Å². The molecule has 4 nitrogen and oxygen atoms in total. The lowest BCUT2D eigenvalue weighted by molar-refractivity contribution is 0.299. The van der Waals surface area contributed by atoms with E-state index < -0.39 is 26.6 Å². The minimum atomic E-state index is -4.35. The predicted molar refractivity (Wildman–Crippen MR) is 74.4 cm³/mol. The van der Waals surface area contributed by atoms with Crippen molar-refractivity contribution < 1.29 is 22.3 Å². The molecule has 2 aromatic rings. The van der Waals surface area contributed by atoms with Gasteiger partial charge in [-0.1, -0.05) is 18.2 Å². The average Bonchev–Trinajstić information content (AvgIpc) is 2.40. The Balaban J connectivity index is 2.29. The first-order valence-electron chi connectivity index (χ1n) is 6.10. The average molecular weight is 313 g/mol. The first kappa shape index (κ1) is 15.4. The number of hydrogen-bond acceptors (Lipinski definition) is 3. The maximum Gasteiger partial charge on any atom is 0.267 e. The SMILES string of the molecule is O=S(=O)(Nc1ccc(CCO)cc1)c1c(F)cccc1F. The van der Waals surface area contributed by atoms with Crippen molar-refractivity contribution in [1.82, 2.24) is 0 Å². The van der Waals surface area contributed by atoms with Crippen LogP contribution in [0.4, 0.5) is 14.5 Å². The van der Waals surface area contributed by atoms with Crippen LogP contribution in [0.15, 0.2) is 47.4 Å². The Labute approximate surface area is 121 Å². The molecule has 0 fully saturated rings. The Morgan fingerprint density at radius 3 is 2.10 bits per heavy atom. The summed E-state index contributed by atoms with van der Waals surface area (Å²) in [6, 6.07) is 9.00. The molecule has 2 N–H and O–H groups in total. The van der Waals surface area contributed by atoms with Gasteiger partial charge in [0.2, 0.25) is 0 Å². The van der Waals surface area contributed by atoms with Crippen LogP contribution in [-0.2, 0) is 16.4 Å². The molecule has 2 aromatic carbocycles. The third-order valence-corrected chi connectivity index (χ3v) is 4.23. The van der Waals surface area contributed by atoms with Crippen LogP contribution in [-0.4, -0.2) is 20.1 Å². The summed E-state index contributed by atoms with van der Waals surface area (Å²) in [5.41, 5.74) is 0.997. The summed E-state index contributed by atoms with van der Waals surface area (Å²) in [6.07, 6.45) is 0.439. The quantitative estimate of drug-likeness (QED) is 0.890. The summed E-state index contributed by atoms with van der Waals surface area (Å²) < 4.78 is 53.2. The molecule has 0 aliphatic heterocycles. The second kappa shape index (κ2) is 6.19. The lowest BCUT2D eigenvalue weighted by atomic mass is 10.1. The van der Waals surface area contributed by atoms with E-state index in [0.717, 1.165) is 23.8 Å². The zero-order valence-electron chi connectivity index (χ0n) is 10.9. The molecular formula is C14H13F2NO3S. The fraction of sp³-hybridized carbons (Fsp3) is 0.143. The summed E-state index contributed by atoms with van der Waals surface area (Å²) in [7, 11) is -4.35. The molecule has 0 bridgehead atoms. The first-order valence-corrected chi connectivity index (χ1v) is 7.59. The van der Waals surface area contributed by atoms with Gasteiger partial charge in [-0.2, -0.15) is 0 Å². The van der Waals surface area contributed by atoms with Crippen molar-refractivity contribution in [1.29, 1.82) is 0 Å². The van der Waals surface area contributed by atoms with E-state index in [1.807, 2.05) is 0 Å². The highest BCUT2D eigenvalue weighted by Crippen LogP contribution is 2.22. The molecule has 21 heavy (non-hydrogen) atoms. The fourth-order valence-corrected chi connectivity index (χ4v) is 3.01. The minimum Gasteiger partial charge on any atom is -0.396 e. The predicted octanol–water partition coefficient (Wildman–Crippen LogP) is 2.30. The topological polar surface area (TPSA) is 66.4 Å². The molecule has 0 saturated carbocycles. The van der Waals surface area contributed by atoms with Crippen LogP contribution in [0.2, 0.25) is 0 Å². The smallest absolute Gasteiger partial charge is 0.267 e. The molecule has 0 aliphatic rings. The first-order chi connectivity index (χ1) is 9.94. The number of sulfonamides is 1. The molecular weight excluding hydrogens is 300 g/mol. The maximum atomic E-state index is 13.5. The Hall–Kier alpha value is -1.99. The van der Waals surface area contributed by atoms with E-state index in [4.69, 9.17) is 5.11 Å². The number of anilines is 1. The number of aliphatic hydroxyl groups excluding tert-OH is 1. The third kappa shape index (κ3) is 3.56. The Bertz CT molecular complexity index is 710. The Morgan fingerprint density at radius 2 is 1.57 bits per heavy atom. The van der Waals surface area contributed by atoms with Gasteiger partial charge in [0.15, 0.2) is 4.90 Å². The number of hydrogen-bond donors (Lipinski definition) is 2. The van der Waals surface area contributed by atoms with Gasteiger partial charge in [-0.05, 0) is 36.2 Å². The van der Waals surface area contributed by atoms with Gasteiger partial charge >= 0.3 is 0 Å². The van der Waals surface area contributed by atoms with Gasteiger partial charge in [-0.15, -0.1) is 0 Å². The molecule has 2 rings (SSSR count). The van der Waals surface area contributed by atoms with E-state index >= 15 is 0 Å². The molecule has 0 spiro atoms. The van der Waals surface area contributed by atoms with Crippen LogP contribution in [0.5, 0.6) is 0 Å². The van der Waals surface area contributed by atoms with E-state index in [1.54, 1.807) is 12.1 Å². The van der Waals surface area contributed by atoms with Crippen LogP contribution >= 0.6 is 0 Å². The monoisotopic (exact) mass is 313 g/mol. The summed E-state index contributed by atoms with van der Waals surface area (Å²) in [6.45, 7) is -0.0223. The minimum absolute atomic E-state index is 0.0223. The van der Waals surface area contributed by atoms with E-state index in [9.17, 15) is 17.2 Å². The molecule has 0 aliphatic carbocycles. The molecule has 0 unspecified atom stereocenters. The molecule has 112 valence electrons. The largest absolute Gasteiger partial charge is 0.396 e. The van der Waals surface area contributed by atoms with Crippen molar-refractivity contribution in [2.75, 3.05) is 11.3 Å². The summed E-state index contributed by atoms with van der Waals surface area (Å²) in [5.74, 6) is -2.31. The van der Waals surface area contributed by atoms with Gasteiger partial charge in [-0.25, -0.2) is 17.2 Å². The van der Waals surface area contributed by atoms with Gasteiger partial charge in [0.1, 0.15) is 11.6 Å². The number of halogens is 2. The van der Waals surface area contributed by atoms with Crippen LogP contribution in [0.1, 0.15) is 5.56 Å². The second-order valence-corrected chi connectivity index (χ2v) is 5.95. The molecule has 0 radical (unpaired) electrons. The number of benzene rings is 2. The van der Waals surface area contributed by atoms with Crippen LogP contribution < -0.4 is 4.72 Å². The molecule has 0 aromatic heterocycles. The molecule has 0 heterocycles. The molecule has 0 atom stereocenters. The summed E-state index contributed by atoms with van der Waals surface area (Å²) in [4.78, 5) is -1.01. The van der Waals surface area contributed by atoms with Crippen LogP contribution in [0.25, 0.3) is 0 Å². The Morgan fingerprint density at radius 1 is 1.00 bits per heavy atom. The normalized spacial score (nSPS) is 11.4. The van der Waals surface area contributed by atoms with Gasteiger partial charge in [0.05, 0.1) is 0 Å². The number of rotatable bonds is 5. The summed E-state index contributed by atoms with van der Waals surface area (Å²) >= 11 is 0. The highest BCUT2D eigenvalue weighted by atomic mass is 32.2. The fourth-order valence-electron chi connectivity index (χ4n) is 1.81. The Kier molecular flexibility index (Phi) is 4.54. The van der Waals surface area contributed by atoms with E-state index in [-0.39, 0.29) is 12.3 Å². The van der Waals surface area contributed by atoms with Gasteiger partial charge in [0.25, 0.3) is 10.0 Å². The highest BCUT2D eigenvalue weighted by molar-refractivity contribution is 7.92. The van der Waals surface area contributed by atoms with Crippen molar-refractivity contribution in [3.8, 4) is 0 Å². The standard InChI is InChI=1S/C14H13F2NO3S/c15-12-2-1-3-13(16)14(12)21(19,20)17-11-6-4-10(5-7-11)8-9-18/h1-7,17-18H,8-9H2. The zero-order valence-corrected chi connectivity index (χ0v) is 11.7. The molecule has 0 saturated heterocycles. The van der Waals surface area contributed by atoms with Crippen molar-refractivity contribution in [2.45, 2.75) is 11.3 Å². The van der Waals surface area contributed by atoms with Gasteiger partial charge in [-0.3, -0.25) is 4.72 Å². The number of nitrogens with one attached hydrogen (secondary N) is 1. The van der Waals surface area contributed by atoms with Crippen molar-refractivity contribution in [2.24, 2.45) is 0 Å². The zero-order chi connectivity index (χ0) is 15.5. The van der Waals surface area contributed by atoms with E-state index in [0.29, 0.717) is 6.42 Å². The van der Waals surface area contributed by atoms with Crippen molar-refractivity contribution >= 4 is 15.7 Å². The van der Waals surface area contributed by atoms with Crippen LogP contribution in [0, 0.1) is 11.6 Å². The van der Waals surface area contributed by atoms with Gasteiger partial charge in [0, 0.05) is 12.3 Å².